The number of nitrogens with zero attached hydrogens (tertiary/aromatic N) is 2. The highest BCUT2D eigenvalue weighted by atomic mass is 16.5. The Bertz CT molecular complexity index is 303. The summed E-state index contributed by atoms with van der Waals surface area (Å²) in [5.74, 6) is 0. The van der Waals surface area contributed by atoms with Gasteiger partial charge in [0.05, 0.1) is 30.8 Å². The van der Waals surface area contributed by atoms with Gasteiger partial charge in [-0.25, -0.2) is 4.98 Å². The second-order valence-corrected chi connectivity index (χ2v) is 4.10. The van der Waals surface area contributed by atoms with E-state index >= 15 is 0 Å². The summed E-state index contributed by atoms with van der Waals surface area (Å²) >= 11 is 0. The number of imidazole rings is 1. The van der Waals surface area contributed by atoms with E-state index in [4.69, 9.17) is 9.84 Å². The molecule has 0 bridgehead atoms. The summed E-state index contributed by atoms with van der Waals surface area (Å²) in [6.07, 6.45) is 5.85. The fourth-order valence-electron chi connectivity index (χ4n) is 1.92. The van der Waals surface area contributed by atoms with Gasteiger partial charge in [0.2, 0.25) is 0 Å². The van der Waals surface area contributed by atoms with Crippen molar-refractivity contribution >= 4 is 0 Å². The molecule has 1 saturated heterocycles. The zero-order chi connectivity index (χ0) is 10.0. The fourth-order valence-corrected chi connectivity index (χ4v) is 1.92. The lowest BCUT2D eigenvalue weighted by atomic mass is 10.0. The first kappa shape index (κ1) is 9.68. The van der Waals surface area contributed by atoms with Gasteiger partial charge in [0.25, 0.3) is 0 Å². The highest BCUT2D eigenvalue weighted by Gasteiger charge is 2.29. The van der Waals surface area contributed by atoms with Gasteiger partial charge in [-0.3, -0.25) is 0 Å². The lowest BCUT2D eigenvalue weighted by molar-refractivity contribution is 0.00618. The molecule has 1 aromatic heterocycles. The summed E-state index contributed by atoms with van der Waals surface area (Å²) in [5.41, 5.74) is 0.666. The number of rotatable bonds is 3. The normalized spacial score (nSPS) is 27.0. The van der Waals surface area contributed by atoms with Crippen LogP contribution in [0.5, 0.6) is 0 Å². The predicted molar refractivity (Wildman–Crippen MR) is 51.7 cm³/mol. The van der Waals surface area contributed by atoms with Gasteiger partial charge in [0.15, 0.2) is 0 Å². The third kappa shape index (κ3) is 1.96. The van der Waals surface area contributed by atoms with Gasteiger partial charge >= 0.3 is 0 Å². The average Bonchev–Trinajstić information content (AvgIpc) is 2.75. The molecule has 0 aliphatic carbocycles. The van der Waals surface area contributed by atoms with E-state index in [-0.39, 0.29) is 12.2 Å². The quantitative estimate of drug-likeness (QED) is 0.782. The summed E-state index contributed by atoms with van der Waals surface area (Å²) < 4.78 is 7.66. The molecule has 0 saturated carbocycles. The summed E-state index contributed by atoms with van der Waals surface area (Å²) in [5, 5.41) is 8.87. The third-order valence-corrected chi connectivity index (χ3v) is 2.67. The molecule has 1 atom stereocenters. The number of aliphatic hydroxyl groups excluding tert-OH is 1. The number of aliphatic hydroxyl groups is 1. The van der Waals surface area contributed by atoms with Crippen LogP contribution in [0.15, 0.2) is 12.5 Å². The Kier molecular flexibility index (Phi) is 2.56. The topological polar surface area (TPSA) is 47.3 Å². The summed E-state index contributed by atoms with van der Waals surface area (Å²) in [7, 11) is 0. The van der Waals surface area contributed by atoms with Gasteiger partial charge in [-0.05, 0) is 19.8 Å². The Labute approximate surface area is 83.5 Å². The zero-order valence-electron chi connectivity index (χ0n) is 8.44. The Morgan fingerprint density at radius 1 is 1.71 bits per heavy atom. The molecule has 1 aliphatic heterocycles. The third-order valence-electron chi connectivity index (χ3n) is 2.67. The second-order valence-electron chi connectivity index (χ2n) is 4.10. The molecule has 0 spiro atoms. The standard InChI is InChI=1S/C10H16N2O2/c1-10(3-2-4-14-10)7-12-5-9(6-13)11-8-12/h5,8,13H,2-4,6-7H2,1H3. The Balaban J connectivity index is 2.02. The highest BCUT2D eigenvalue weighted by Crippen LogP contribution is 2.26. The lowest BCUT2D eigenvalue weighted by Gasteiger charge is -2.23. The van der Waals surface area contributed by atoms with Crippen molar-refractivity contribution in [1.82, 2.24) is 9.55 Å². The van der Waals surface area contributed by atoms with Gasteiger partial charge in [0.1, 0.15) is 0 Å². The van der Waals surface area contributed by atoms with Crippen molar-refractivity contribution in [2.24, 2.45) is 0 Å². The number of aromatic nitrogens is 2. The van der Waals surface area contributed by atoms with Gasteiger partial charge < -0.3 is 14.4 Å². The van der Waals surface area contributed by atoms with Crippen molar-refractivity contribution in [1.29, 1.82) is 0 Å². The second kappa shape index (κ2) is 3.71. The number of ether oxygens (including phenoxy) is 1. The maximum atomic E-state index is 8.87. The van der Waals surface area contributed by atoms with E-state index in [1.165, 1.54) is 0 Å². The van der Waals surface area contributed by atoms with Gasteiger partial charge in [0, 0.05) is 12.8 Å². The van der Waals surface area contributed by atoms with Gasteiger partial charge in [-0.1, -0.05) is 0 Å². The van der Waals surface area contributed by atoms with Crippen LogP contribution < -0.4 is 0 Å². The molecule has 4 heteroatoms. The summed E-state index contributed by atoms with van der Waals surface area (Å²) in [6.45, 7) is 3.81. The van der Waals surface area contributed by atoms with E-state index in [9.17, 15) is 0 Å². The van der Waals surface area contributed by atoms with E-state index in [2.05, 4.69) is 11.9 Å². The average molecular weight is 196 g/mol. The maximum absolute atomic E-state index is 8.87. The van der Waals surface area contributed by atoms with Crippen LogP contribution in [-0.2, 0) is 17.9 Å². The van der Waals surface area contributed by atoms with Crippen LogP contribution >= 0.6 is 0 Å². The van der Waals surface area contributed by atoms with Crippen molar-refractivity contribution in [2.45, 2.75) is 38.5 Å². The van der Waals surface area contributed by atoms with Crippen LogP contribution in [0.2, 0.25) is 0 Å². The molecule has 1 fully saturated rings. The molecule has 1 aliphatic rings. The van der Waals surface area contributed by atoms with E-state index in [1.807, 2.05) is 10.8 Å². The molecule has 1 aromatic rings. The first-order chi connectivity index (χ1) is 6.72. The summed E-state index contributed by atoms with van der Waals surface area (Å²) in [6, 6.07) is 0. The molecule has 78 valence electrons. The van der Waals surface area contributed by atoms with Crippen LogP contribution in [0.4, 0.5) is 0 Å². The molecular formula is C10H16N2O2. The lowest BCUT2D eigenvalue weighted by Crippen LogP contribution is -2.28. The SMILES string of the molecule is CC1(Cn2cnc(CO)c2)CCCO1. The van der Waals surface area contributed by atoms with Crippen LogP contribution in [0.25, 0.3) is 0 Å². The Morgan fingerprint density at radius 2 is 2.57 bits per heavy atom. The number of hydrogen-bond donors (Lipinski definition) is 1. The van der Waals surface area contributed by atoms with Crippen LogP contribution in [0.1, 0.15) is 25.5 Å². The monoisotopic (exact) mass is 196 g/mol. The van der Waals surface area contributed by atoms with Crippen molar-refractivity contribution in [3.05, 3.63) is 18.2 Å². The smallest absolute Gasteiger partial charge is 0.0951 e. The fraction of sp³-hybridized carbons (Fsp3) is 0.700. The molecule has 0 amide bonds. The molecular weight excluding hydrogens is 180 g/mol. The van der Waals surface area contributed by atoms with E-state index in [1.54, 1.807) is 6.33 Å². The highest BCUT2D eigenvalue weighted by molar-refractivity contribution is 4.96. The Morgan fingerprint density at radius 3 is 3.14 bits per heavy atom. The Hall–Kier alpha value is -0.870. The summed E-state index contributed by atoms with van der Waals surface area (Å²) in [4.78, 5) is 4.07. The molecule has 14 heavy (non-hydrogen) atoms. The zero-order valence-corrected chi connectivity index (χ0v) is 8.44. The molecule has 2 heterocycles. The van der Waals surface area contributed by atoms with Gasteiger partial charge in [-0.2, -0.15) is 0 Å². The first-order valence-electron chi connectivity index (χ1n) is 4.97. The minimum Gasteiger partial charge on any atom is -0.390 e. The van der Waals surface area contributed by atoms with Gasteiger partial charge in [-0.15, -0.1) is 0 Å². The van der Waals surface area contributed by atoms with E-state index in [0.717, 1.165) is 26.0 Å². The molecule has 2 rings (SSSR count). The van der Waals surface area contributed by atoms with Crippen LogP contribution in [0, 0.1) is 0 Å². The minimum atomic E-state index is -0.0482. The molecule has 1 N–H and O–H groups in total. The largest absolute Gasteiger partial charge is 0.390 e. The van der Waals surface area contributed by atoms with Crippen molar-refractivity contribution in [3.63, 3.8) is 0 Å². The maximum Gasteiger partial charge on any atom is 0.0951 e. The minimum absolute atomic E-state index is 0.00454. The molecule has 0 radical (unpaired) electrons. The van der Waals surface area contributed by atoms with Crippen LogP contribution in [0.3, 0.4) is 0 Å². The first-order valence-corrected chi connectivity index (χ1v) is 4.97. The molecule has 0 aromatic carbocycles. The van der Waals surface area contributed by atoms with Crippen molar-refractivity contribution < 1.29 is 9.84 Å². The van der Waals surface area contributed by atoms with Crippen molar-refractivity contribution in [3.8, 4) is 0 Å². The van der Waals surface area contributed by atoms with E-state index in [0.29, 0.717) is 5.69 Å². The van der Waals surface area contributed by atoms with Crippen LogP contribution in [-0.4, -0.2) is 26.9 Å². The molecule has 1 unspecified atom stereocenters. The van der Waals surface area contributed by atoms with E-state index < -0.39 is 0 Å². The number of hydrogen-bond acceptors (Lipinski definition) is 3. The molecule has 4 nitrogen and oxygen atoms in total. The predicted octanol–water partition coefficient (Wildman–Crippen LogP) is 0.944. The van der Waals surface area contributed by atoms with Crippen molar-refractivity contribution in [2.75, 3.05) is 6.61 Å².